The zero-order valence-corrected chi connectivity index (χ0v) is 10.2. The molecule has 1 aromatic rings. The summed E-state index contributed by atoms with van der Waals surface area (Å²) >= 11 is 0. The van der Waals surface area contributed by atoms with E-state index in [4.69, 9.17) is 5.73 Å². The average Bonchev–Trinajstić information content (AvgIpc) is 2.31. The van der Waals surface area contributed by atoms with E-state index in [1.54, 1.807) is 0 Å². The van der Waals surface area contributed by atoms with Crippen LogP contribution in [0.5, 0.6) is 0 Å². The topological polar surface area (TPSA) is 35.2 Å². The van der Waals surface area contributed by atoms with Gasteiger partial charge in [0.25, 0.3) is 0 Å². The van der Waals surface area contributed by atoms with Crippen molar-refractivity contribution in [1.29, 1.82) is 0 Å². The molecule has 0 fully saturated rings. The van der Waals surface area contributed by atoms with E-state index >= 15 is 0 Å². The molecule has 0 amide bonds. The van der Waals surface area contributed by atoms with E-state index < -0.39 is 18.1 Å². The fourth-order valence-corrected chi connectivity index (χ4v) is 1.27. The Balaban J connectivity index is 2.76. The van der Waals surface area contributed by atoms with Crippen molar-refractivity contribution in [2.24, 2.45) is 5.73 Å². The molecule has 6 heteroatoms. The van der Waals surface area contributed by atoms with Gasteiger partial charge < -0.3 is 10.5 Å². The molecular formula is C13H13F4NO. The number of alkyl halides is 3. The van der Waals surface area contributed by atoms with Gasteiger partial charge >= 0.3 is 6.18 Å². The Morgan fingerprint density at radius 3 is 2.58 bits per heavy atom. The third kappa shape index (κ3) is 5.28. The average molecular weight is 275 g/mol. The van der Waals surface area contributed by atoms with Crippen molar-refractivity contribution >= 4 is 0 Å². The fourth-order valence-electron chi connectivity index (χ4n) is 1.27. The first-order chi connectivity index (χ1) is 8.82. The highest BCUT2D eigenvalue weighted by Crippen LogP contribution is 2.23. The van der Waals surface area contributed by atoms with Gasteiger partial charge in [-0.05, 0) is 30.7 Å². The van der Waals surface area contributed by atoms with Gasteiger partial charge in [-0.15, -0.1) is 0 Å². The van der Waals surface area contributed by atoms with E-state index in [-0.39, 0.29) is 18.7 Å². The highest BCUT2D eigenvalue weighted by atomic mass is 19.4. The van der Waals surface area contributed by atoms with Crippen molar-refractivity contribution in [3.05, 3.63) is 35.1 Å². The summed E-state index contributed by atoms with van der Waals surface area (Å²) in [5.74, 6) is 4.57. The normalized spacial score (nSPS) is 12.7. The largest absolute Gasteiger partial charge is 0.414 e. The minimum absolute atomic E-state index is 0.119. The molecule has 0 spiro atoms. The zero-order valence-electron chi connectivity index (χ0n) is 10.2. The molecule has 0 aliphatic carbocycles. The molecule has 0 aliphatic rings. The molecule has 2 nitrogen and oxygen atoms in total. The molecule has 0 saturated carbocycles. The Labute approximate surface area is 108 Å². The fraction of sp³-hybridized carbons (Fsp3) is 0.385. The van der Waals surface area contributed by atoms with Crippen LogP contribution in [0.3, 0.4) is 0 Å². The maximum atomic E-state index is 13.2. The van der Waals surface area contributed by atoms with Crippen LogP contribution in [0.25, 0.3) is 0 Å². The lowest BCUT2D eigenvalue weighted by atomic mass is 10.1. The van der Waals surface area contributed by atoms with Crippen molar-refractivity contribution in [2.45, 2.75) is 25.8 Å². The van der Waals surface area contributed by atoms with Gasteiger partial charge in [-0.25, -0.2) is 4.39 Å². The first kappa shape index (κ1) is 15.5. The lowest BCUT2D eigenvalue weighted by molar-refractivity contribution is -0.217. The lowest BCUT2D eigenvalue weighted by Crippen LogP contribution is -2.28. The number of hydrogen-bond donors (Lipinski definition) is 1. The Kier molecular flexibility index (Phi) is 5.33. The molecule has 2 N–H and O–H groups in total. The summed E-state index contributed by atoms with van der Waals surface area (Å²) in [6.45, 7) is 0.678. The van der Waals surface area contributed by atoms with Crippen molar-refractivity contribution in [3.63, 3.8) is 0 Å². The van der Waals surface area contributed by atoms with E-state index in [1.165, 1.54) is 12.1 Å². The van der Waals surface area contributed by atoms with Gasteiger partial charge in [0.05, 0.1) is 13.2 Å². The van der Waals surface area contributed by atoms with E-state index in [0.29, 0.717) is 5.56 Å². The third-order valence-corrected chi connectivity index (χ3v) is 2.25. The minimum Gasteiger partial charge on any atom is -0.364 e. The summed E-state index contributed by atoms with van der Waals surface area (Å²) in [5.41, 5.74) is 5.82. The van der Waals surface area contributed by atoms with E-state index in [1.807, 2.05) is 0 Å². The number of rotatable bonds is 3. The predicted molar refractivity (Wildman–Crippen MR) is 62.6 cm³/mol. The molecule has 1 unspecified atom stereocenters. The summed E-state index contributed by atoms with van der Waals surface area (Å²) < 4.78 is 54.6. The van der Waals surface area contributed by atoms with Crippen LogP contribution in [0.1, 0.15) is 18.1 Å². The molecule has 0 bridgehead atoms. The second-order valence-corrected chi connectivity index (χ2v) is 3.85. The third-order valence-electron chi connectivity index (χ3n) is 2.25. The summed E-state index contributed by atoms with van der Waals surface area (Å²) in [4.78, 5) is 0. The van der Waals surface area contributed by atoms with Gasteiger partial charge in [0.15, 0.2) is 6.10 Å². The minimum atomic E-state index is -4.44. The molecule has 1 atom stereocenters. The van der Waals surface area contributed by atoms with Gasteiger partial charge in [-0.1, -0.05) is 11.8 Å². The molecule has 104 valence electrons. The molecular weight excluding hydrogens is 262 g/mol. The van der Waals surface area contributed by atoms with Crippen molar-refractivity contribution in [2.75, 3.05) is 6.54 Å². The Hall–Kier alpha value is -1.58. The van der Waals surface area contributed by atoms with Crippen LogP contribution < -0.4 is 5.73 Å². The van der Waals surface area contributed by atoms with E-state index in [9.17, 15) is 17.6 Å². The van der Waals surface area contributed by atoms with Crippen LogP contribution in [0, 0.1) is 17.7 Å². The standard InChI is InChI=1S/C13H13F4NO/c1-9(13(15,16)17)19-8-11-5-10(3-2-4-18)6-12(14)7-11/h5-7,9H,4,8,18H2,1H3. The molecule has 1 rings (SSSR count). The summed E-state index contributed by atoms with van der Waals surface area (Å²) in [7, 11) is 0. The number of nitrogens with two attached hydrogens (primary N) is 1. The van der Waals surface area contributed by atoms with Gasteiger partial charge in [-0.3, -0.25) is 0 Å². The highest BCUT2D eigenvalue weighted by Gasteiger charge is 2.36. The van der Waals surface area contributed by atoms with Crippen molar-refractivity contribution < 1.29 is 22.3 Å². The second-order valence-electron chi connectivity index (χ2n) is 3.85. The van der Waals surface area contributed by atoms with Crippen molar-refractivity contribution in [1.82, 2.24) is 0 Å². The predicted octanol–water partition coefficient (Wildman–Crippen LogP) is 2.60. The van der Waals surface area contributed by atoms with Crippen LogP contribution in [0.2, 0.25) is 0 Å². The smallest absolute Gasteiger partial charge is 0.364 e. The van der Waals surface area contributed by atoms with Gasteiger partial charge in [0, 0.05) is 5.56 Å². The van der Waals surface area contributed by atoms with Crippen LogP contribution in [-0.4, -0.2) is 18.8 Å². The van der Waals surface area contributed by atoms with Gasteiger partial charge in [-0.2, -0.15) is 13.2 Å². The molecule has 0 aromatic heterocycles. The number of halogens is 4. The first-order valence-corrected chi connectivity index (χ1v) is 5.49. The quantitative estimate of drug-likeness (QED) is 0.680. The van der Waals surface area contributed by atoms with E-state index in [2.05, 4.69) is 16.6 Å². The summed E-state index contributed by atoms with van der Waals surface area (Å²) in [5, 5.41) is 0. The van der Waals surface area contributed by atoms with Crippen LogP contribution in [0.4, 0.5) is 17.6 Å². The molecule has 0 heterocycles. The molecule has 19 heavy (non-hydrogen) atoms. The Morgan fingerprint density at radius 1 is 1.32 bits per heavy atom. The lowest BCUT2D eigenvalue weighted by Gasteiger charge is -2.16. The van der Waals surface area contributed by atoms with E-state index in [0.717, 1.165) is 13.0 Å². The highest BCUT2D eigenvalue weighted by molar-refractivity contribution is 5.37. The summed E-state index contributed by atoms with van der Waals surface area (Å²) in [6, 6.07) is 3.75. The van der Waals surface area contributed by atoms with Crippen LogP contribution in [-0.2, 0) is 11.3 Å². The molecule has 0 saturated heterocycles. The second kappa shape index (κ2) is 6.55. The maximum Gasteiger partial charge on any atom is 0.414 e. The number of benzene rings is 1. The molecule has 0 aliphatic heterocycles. The number of ether oxygens (including phenoxy) is 1. The first-order valence-electron chi connectivity index (χ1n) is 5.49. The van der Waals surface area contributed by atoms with Gasteiger partial charge in [0.2, 0.25) is 0 Å². The SMILES string of the molecule is CC(OCc1cc(F)cc(C#CCN)c1)C(F)(F)F. The molecule has 1 aromatic carbocycles. The maximum absolute atomic E-state index is 13.2. The Bertz CT molecular complexity index is 488. The van der Waals surface area contributed by atoms with Crippen LogP contribution in [0.15, 0.2) is 18.2 Å². The number of hydrogen-bond acceptors (Lipinski definition) is 2. The van der Waals surface area contributed by atoms with Gasteiger partial charge in [0.1, 0.15) is 5.82 Å². The zero-order chi connectivity index (χ0) is 14.5. The monoisotopic (exact) mass is 275 g/mol. The Morgan fingerprint density at radius 2 is 2.00 bits per heavy atom. The van der Waals surface area contributed by atoms with Crippen molar-refractivity contribution in [3.8, 4) is 11.8 Å². The summed E-state index contributed by atoms with van der Waals surface area (Å²) in [6.07, 6.45) is -6.34. The molecule has 0 radical (unpaired) electrons. The van der Waals surface area contributed by atoms with Crippen LogP contribution >= 0.6 is 0 Å².